The van der Waals surface area contributed by atoms with Crippen molar-refractivity contribution in [1.29, 1.82) is 0 Å². The van der Waals surface area contributed by atoms with E-state index in [9.17, 15) is 14.3 Å². The zero-order valence-electron chi connectivity index (χ0n) is 28.7. The third-order valence-electron chi connectivity index (χ3n) is 7.32. The Kier molecular flexibility index (Phi) is 28.2. The van der Waals surface area contributed by atoms with Crippen LogP contribution in [0.4, 0.5) is 0 Å². The number of esters is 1. The molecule has 2 atom stereocenters. The molecule has 0 aliphatic heterocycles. The quantitative estimate of drug-likeness (QED) is 0.0241. The summed E-state index contributed by atoms with van der Waals surface area (Å²) in [7, 11) is 1.35. The minimum atomic E-state index is -4.50. The minimum absolute atomic E-state index is 0.0272. The molecule has 0 saturated heterocycles. The smallest absolute Gasteiger partial charge is 0.306 e. The highest BCUT2D eigenvalue weighted by Crippen LogP contribution is 2.38. The van der Waals surface area contributed by atoms with Gasteiger partial charge in [0, 0.05) is 13.0 Å². The highest BCUT2D eigenvalue weighted by atomic mass is 31.2. The topological polar surface area (TPSA) is 94.1 Å². The second-order valence-corrected chi connectivity index (χ2v) is 14.3. The number of phosphoric acid groups is 1. The van der Waals surface area contributed by atoms with Gasteiger partial charge in [-0.3, -0.25) is 9.36 Å². The van der Waals surface area contributed by atoms with E-state index < -0.39 is 13.9 Å². The number of quaternary nitrogens is 1. The summed E-state index contributed by atoms with van der Waals surface area (Å²) in [5, 5.41) is 0. The van der Waals surface area contributed by atoms with Gasteiger partial charge in [0.05, 0.1) is 34.4 Å². The maximum atomic E-state index is 12.5. The number of ether oxygens (including phenoxy) is 2. The molecule has 0 spiro atoms. The summed E-state index contributed by atoms with van der Waals surface area (Å²) in [5.74, 6) is -0.342. The highest BCUT2D eigenvalue weighted by molar-refractivity contribution is 7.45. The molecule has 0 aromatic heterocycles. The van der Waals surface area contributed by atoms with Crippen LogP contribution in [0.2, 0.25) is 0 Å². The summed E-state index contributed by atoms with van der Waals surface area (Å²) in [5.41, 5.74) is 0. The van der Waals surface area contributed by atoms with Crippen molar-refractivity contribution in [3.63, 3.8) is 0 Å². The predicted octanol–water partition coefficient (Wildman–Crippen LogP) is 8.52. The third kappa shape index (κ3) is 32.4. The molecule has 0 saturated carbocycles. The highest BCUT2D eigenvalue weighted by Gasteiger charge is 2.20. The van der Waals surface area contributed by atoms with E-state index in [2.05, 4.69) is 26.0 Å². The van der Waals surface area contributed by atoms with Gasteiger partial charge in [0.2, 0.25) is 0 Å². The van der Waals surface area contributed by atoms with Crippen LogP contribution in [0.25, 0.3) is 0 Å². The van der Waals surface area contributed by atoms with E-state index in [1.165, 1.54) is 89.9 Å². The second-order valence-electron chi connectivity index (χ2n) is 12.9. The van der Waals surface area contributed by atoms with E-state index in [1.54, 1.807) is 0 Å². The van der Waals surface area contributed by atoms with Crippen molar-refractivity contribution in [2.24, 2.45) is 0 Å². The molecule has 0 heterocycles. The third-order valence-corrected chi connectivity index (χ3v) is 8.28. The molecule has 0 radical (unpaired) electrons. The van der Waals surface area contributed by atoms with Crippen molar-refractivity contribution in [2.45, 2.75) is 148 Å². The molecule has 43 heavy (non-hydrogen) atoms. The van der Waals surface area contributed by atoms with Crippen LogP contribution in [-0.2, 0) is 27.9 Å². The molecule has 256 valence electrons. The van der Waals surface area contributed by atoms with E-state index in [-0.39, 0.29) is 25.8 Å². The summed E-state index contributed by atoms with van der Waals surface area (Å²) in [6.45, 7) is 5.34. The fourth-order valence-corrected chi connectivity index (χ4v) is 5.27. The Morgan fingerprint density at radius 1 is 0.698 bits per heavy atom. The molecule has 0 fully saturated rings. The molecule has 0 aromatic rings. The molecule has 0 aromatic carbocycles. The van der Waals surface area contributed by atoms with Crippen LogP contribution < -0.4 is 4.89 Å². The molecule has 8 nitrogen and oxygen atoms in total. The fourth-order valence-electron chi connectivity index (χ4n) is 4.54. The molecule has 0 bridgehead atoms. The summed E-state index contributed by atoms with van der Waals surface area (Å²) < 4.78 is 34.2. The van der Waals surface area contributed by atoms with Gasteiger partial charge in [-0.15, -0.1) is 0 Å². The molecular weight excluding hydrogens is 565 g/mol. The zero-order chi connectivity index (χ0) is 32.1. The average molecular weight is 634 g/mol. The minimum Gasteiger partial charge on any atom is -0.756 e. The van der Waals surface area contributed by atoms with Gasteiger partial charge in [0.15, 0.2) is 0 Å². The lowest BCUT2D eigenvalue weighted by molar-refractivity contribution is -0.870. The number of carbonyl (C=O) groups excluding carboxylic acids is 1. The van der Waals surface area contributed by atoms with Crippen LogP contribution >= 0.6 is 7.82 Å². The first-order valence-corrected chi connectivity index (χ1v) is 18.9. The van der Waals surface area contributed by atoms with Gasteiger partial charge >= 0.3 is 5.97 Å². The number of allylic oxidation sites excluding steroid dienone is 2. The number of nitrogens with zero attached hydrogens (tertiary/aromatic N) is 1. The second kappa shape index (κ2) is 28.7. The van der Waals surface area contributed by atoms with Crippen molar-refractivity contribution < 1.29 is 37.3 Å². The van der Waals surface area contributed by atoms with Crippen molar-refractivity contribution in [2.75, 3.05) is 54.1 Å². The van der Waals surface area contributed by atoms with Gasteiger partial charge in [-0.05, 0) is 38.5 Å². The number of likely N-dealkylation sites (N-methyl/N-ethyl adjacent to an activating group) is 1. The van der Waals surface area contributed by atoms with E-state index in [1.807, 2.05) is 21.1 Å². The lowest BCUT2D eigenvalue weighted by atomic mass is 10.1. The van der Waals surface area contributed by atoms with Crippen molar-refractivity contribution in [1.82, 2.24) is 0 Å². The van der Waals surface area contributed by atoms with Gasteiger partial charge in [-0.25, -0.2) is 0 Å². The molecule has 0 aliphatic carbocycles. The Morgan fingerprint density at radius 2 is 1.21 bits per heavy atom. The SMILES string of the molecule is CCCCC/C=C\CCCCCCCCOCC(COP(=O)([O-])OCC[N+](C)(C)C)OC(=O)CCCCCCCCCC. The van der Waals surface area contributed by atoms with Crippen molar-refractivity contribution in [3.8, 4) is 0 Å². The first-order chi connectivity index (χ1) is 20.6. The van der Waals surface area contributed by atoms with Crippen LogP contribution in [-0.4, -0.2) is 70.7 Å². The summed E-state index contributed by atoms with van der Waals surface area (Å²) >= 11 is 0. The Balaban J connectivity index is 4.31. The van der Waals surface area contributed by atoms with E-state index in [0.29, 0.717) is 24.1 Å². The Labute approximate surface area is 265 Å². The van der Waals surface area contributed by atoms with Gasteiger partial charge in [0.25, 0.3) is 7.82 Å². The molecule has 9 heteroatoms. The van der Waals surface area contributed by atoms with Crippen LogP contribution in [0.5, 0.6) is 0 Å². The zero-order valence-corrected chi connectivity index (χ0v) is 29.6. The van der Waals surface area contributed by atoms with Gasteiger partial charge in [-0.1, -0.05) is 109 Å². The predicted molar refractivity (Wildman–Crippen MR) is 176 cm³/mol. The molecule has 0 N–H and O–H groups in total. The monoisotopic (exact) mass is 633 g/mol. The van der Waals surface area contributed by atoms with E-state index in [0.717, 1.165) is 32.1 Å². The lowest BCUT2D eigenvalue weighted by Crippen LogP contribution is -2.37. The first-order valence-electron chi connectivity index (χ1n) is 17.4. The average Bonchev–Trinajstić information content (AvgIpc) is 2.94. The van der Waals surface area contributed by atoms with Crippen molar-refractivity contribution >= 4 is 13.8 Å². The summed E-state index contributed by atoms with van der Waals surface area (Å²) in [6, 6.07) is 0. The Bertz CT molecular complexity index is 711. The van der Waals surface area contributed by atoms with Crippen LogP contribution in [0.3, 0.4) is 0 Å². The largest absolute Gasteiger partial charge is 0.756 e. The molecule has 2 unspecified atom stereocenters. The fraction of sp³-hybridized carbons (Fsp3) is 0.912. The maximum Gasteiger partial charge on any atom is 0.306 e. The van der Waals surface area contributed by atoms with Crippen LogP contribution in [0.15, 0.2) is 12.2 Å². The Morgan fingerprint density at radius 3 is 1.81 bits per heavy atom. The van der Waals surface area contributed by atoms with Crippen LogP contribution in [0, 0.1) is 0 Å². The first kappa shape index (κ1) is 42.2. The number of carbonyl (C=O) groups is 1. The lowest BCUT2D eigenvalue weighted by Gasteiger charge is -2.28. The van der Waals surface area contributed by atoms with E-state index in [4.69, 9.17) is 18.5 Å². The van der Waals surface area contributed by atoms with E-state index >= 15 is 0 Å². The van der Waals surface area contributed by atoms with Crippen LogP contribution in [0.1, 0.15) is 142 Å². The molecule has 0 rings (SSSR count). The number of unbranched alkanes of at least 4 members (excludes halogenated alkanes) is 16. The molecular formula is C34H68NO7P. The van der Waals surface area contributed by atoms with Crippen molar-refractivity contribution in [3.05, 3.63) is 12.2 Å². The Hall–Kier alpha value is -0.760. The number of rotatable bonds is 32. The molecule has 0 aliphatic rings. The molecule has 0 amide bonds. The number of hydrogen-bond donors (Lipinski definition) is 0. The normalized spacial score (nSPS) is 14.3. The summed E-state index contributed by atoms with van der Waals surface area (Å²) in [6.07, 6.45) is 26.5. The standard InChI is InChI=1S/C34H68NO7P/c1-6-8-10-12-14-16-17-18-19-20-22-24-26-29-39-31-33(32-41-43(37,38)40-30-28-35(3,4)5)42-34(36)27-25-23-21-15-13-11-9-7-2/h14,16,33H,6-13,15,17-32H2,1-5H3/b16-14-. The number of hydrogen-bond acceptors (Lipinski definition) is 7. The van der Waals surface area contributed by atoms with Gasteiger partial charge in [0.1, 0.15) is 19.3 Å². The maximum absolute atomic E-state index is 12.5. The van der Waals surface area contributed by atoms with Gasteiger partial charge < -0.3 is 27.9 Å². The number of phosphoric ester groups is 1. The van der Waals surface area contributed by atoms with Gasteiger partial charge in [-0.2, -0.15) is 0 Å². The summed E-state index contributed by atoms with van der Waals surface area (Å²) in [4.78, 5) is 24.7.